The number of halogens is 3. The summed E-state index contributed by atoms with van der Waals surface area (Å²) >= 11 is 5.96. The van der Waals surface area contributed by atoms with Gasteiger partial charge in [0.1, 0.15) is 11.6 Å². The molecule has 0 bridgehead atoms. The molecule has 0 saturated heterocycles. The summed E-state index contributed by atoms with van der Waals surface area (Å²) in [6.45, 7) is 0. The molecule has 2 aromatic carbocycles. The summed E-state index contributed by atoms with van der Waals surface area (Å²) in [5.41, 5.74) is 0.0392. The van der Waals surface area contributed by atoms with Gasteiger partial charge in [-0.25, -0.2) is 17.2 Å². The van der Waals surface area contributed by atoms with Gasteiger partial charge in [0, 0.05) is 17.4 Å². The Morgan fingerprint density at radius 3 is 2.59 bits per heavy atom. The van der Waals surface area contributed by atoms with E-state index in [1.54, 1.807) is 6.07 Å². The first kappa shape index (κ1) is 21.7. The Balaban J connectivity index is 2.01. The highest BCUT2D eigenvalue weighted by Crippen LogP contribution is 2.44. The minimum Gasteiger partial charge on any atom is -0.481 e. The zero-order valence-electron chi connectivity index (χ0n) is 15.5. The molecule has 1 aliphatic rings. The van der Waals surface area contributed by atoms with Gasteiger partial charge in [-0.15, -0.1) is 0 Å². The summed E-state index contributed by atoms with van der Waals surface area (Å²) in [6.07, 6.45) is 1.34. The van der Waals surface area contributed by atoms with Crippen LogP contribution in [0.25, 0.3) is 0 Å². The maximum absolute atomic E-state index is 14.5. The average molecular weight is 443 g/mol. The maximum atomic E-state index is 14.5. The second-order valence-corrected chi connectivity index (χ2v) is 10.0. The second-order valence-electron chi connectivity index (χ2n) is 7.42. The van der Waals surface area contributed by atoms with Gasteiger partial charge in [0.15, 0.2) is 9.84 Å². The highest BCUT2D eigenvalue weighted by Gasteiger charge is 2.41. The fourth-order valence-electron chi connectivity index (χ4n) is 4.12. The van der Waals surface area contributed by atoms with Gasteiger partial charge in [-0.2, -0.15) is 0 Å². The number of hydrogen-bond donors (Lipinski definition) is 1. The zero-order chi connectivity index (χ0) is 21.2. The number of benzene rings is 2. The van der Waals surface area contributed by atoms with Crippen LogP contribution in [0.2, 0.25) is 5.02 Å². The van der Waals surface area contributed by atoms with Gasteiger partial charge in [0.2, 0.25) is 0 Å². The van der Waals surface area contributed by atoms with Crippen molar-refractivity contribution in [2.75, 3.05) is 0 Å². The van der Waals surface area contributed by atoms with Crippen LogP contribution in [-0.2, 0) is 14.6 Å². The molecular formula is C21H21ClF2O4S. The zero-order valence-corrected chi connectivity index (χ0v) is 17.1. The fourth-order valence-corrected chi connectivity index (χ4v) is 6.52. The third-order valence-corrected chi connectivity index (χ3v) is 8.01. The predicted octanol–water partition coefficient (Wildman–Crippen LogP) is 5.21. The molecule has 0 aliphatic heterocycles. The first-order valence-corrected chi connectivity index (χ1v) is 11.3. The molecule has 156 valence electrons. The summed E-state index contributed by atoms with van der Waals surface area (Å²) < 4.78 is 55.1. The SMILES string of the molecule is O=C(O)CCC1CCC(c2cc(F)ccc2F)C(S(=O)(=O)c2cccc(Cl)c2)C1. The van der Waals surface area contributed by atoms with Gasteiger partial charge in [-0.3, -0.25) is 4.79 Å². The molecule has 1 saturated carbocycles. The molecular weight excluding hydrogens is 422 g/mol. The van der Waals surface area contributed by atoms with Gasteiger partial charge >= 0.3 is 5.97 Å². The van der Waals surface area contributed by atoms with E-state index >= 15 is 0 Å². The van der Waals surface area contributed by atoms with Crippen molar-refractivity contribution in [1.29, 1.82) is 0 Å². The lowest BCUT2D eigenvalue weighted by Crippen LogP contribution is -2.35. The summed E-state index contributed by atoms with van der Waals surface area (Å²) in [7, 11) is -3.90. The molecule has 1 N–H and O–H groups in total. The molecule has 29 heavy (non-hydrogen) atoms. The Kier molecular flexibility index (Phi) is 6.58. The Hall–Kier alpha value is -1.99. The Labute approximate surface area is 173 Å². The van der Waals surface area contributed by atoms with E-state index < -0.39 is 38.6 Å². The van der Waals surface area contributed by atoms with Crippen molar-refractivity contribution in [1.82, 2.24) is 0 Å². The number of sulfone groups is 1. The number of aliphatic carboxylic acids is 1. The Morgan fingerprint density at radius 1 is 1.14 bits per heavy atom. The Bertz CT molecular complexity index is 1010. The first-order valence-electron chi connectivity index (χ1n) is 9.34. The van der Waals surface area contributed by atoms with E-state index in [-0.39, 0.29) is 34.2 Å². The molecule has 0 amide bonds. The molecule has 2 aromatic rings. The number of rotatable bonds is 6. The van der Waals surface area contributed by atoms with Crippen molar-refractivity contribution in [3.8, 4) is 0 Å². The number of carbonyl (C=O) groups is 1. The molecule has 0 spiro atoms. The minimum atomic E-state index is -3.90. The largest absolute Gasteiger partial charge is 0.481 e. The van der Waals surface area contributed by atoms with Crippen LogP contribution in [0.3, 0.4) is 0 Å². The maximum Gasteiger partial charge on any atom is 0.303 e. The summed E-state index contributed by atoms with van der Waals surface area (Å²) in [4.78, 5) is 10.9. The van der Waals surface area contributed by atoms with Crippen LogP contribution >= 0.6 is 11.6 Å². The van der Waals surface area contributed by atoms with Crippen LogP contribution in [0, 0.1) is 17.6 Å². The van der Waals surface area contributed by atoms with E-state index in [4.69, 9.17) is 16.7 Å². The van der Waals surface area contributed by atoms with Crippen molar-refractivity contribution in [2.24, 2.45) is 5.92 Å². The van der Waals surface area contributed by atoms with Gasteiger partial charge in [0.25, 0.3) is 0 Å². The quantitative estimate of drug-likeness (QED) is 0.666. The standard InChI is InChI=1S/C21H21ClF2O4S/c22-14-2-1-3-16(11-14)29(27,28)20-10-13(5-9-21(25)26)4-7-17(20)18-12-15(23)6-8-19(18)24/h1-3,6,8,11-13,17,20H,4-5,7,9-10H2,(H,25,26). The van der Waals surface area contributed by atoms with Crippen LogP contribution in [0.4, 0.5) is 8.78 Å². The van der Waals surface area contributed by atoms with Gasteiger partial charge in [-0.1, -0.05) is 17.7 Å². The van der Waals surface area contributed by atoms with E-state index in [1.807, 2.05) is 0 Å². The third-order valence-electron chi connectivity index (χ3n) is 5.55. The Morgan fingerprint density at radius 2 is 1.90 bits per heavy atom. The minimum absolute atomic E-state index is 0.0238. The van der Waals surface area contributed by atoms with E-state index in [9.17, 15) is 22.0 Å². The topological polar surface area (TPSA) is 71.4 Å². The van der Waals surface area contributed by atoms with Gasteiger partial charge in [-0.05, 0) is 73.6 Å². The second kappa shape index (κ2) is 8.79. The normalized spacial score (nSPS) is 22.4. The molecule has 8 heteroatoms. The lowest BCUT2D eigenvalue weighted by Gasteiger charge is -2.36. The molecule has 1 aliphatic carbocycles. The van der Waals surface area contributed by atoms with Crippen LogP contribution in [-0.4, -0.2) is 24.7 Å². The van der Waals surface area contributed by atoms with Crippen LogP contribution < -0.4 is 0 Å². The molecule has 3 atom stereocenters. The van der Waals surface area contributed by atoms with Crippen LogP contribution in [0.5, 0.6) is 0 Å². The van der Waals surface area contributed by atoms with E-state index in [0.717, 1.165) is 18.2 Å². The summed E-state index contributed by atoms with van der Waals surface area (Å²) in [5.74, 6) is -3.08. The van der Waals surface area contributed by atoms with Gasteiger partial charge < -0.3 is 5.11 Å². The molecule has 3 unspecified atom stereocenters. The first-order chi connectivity index (χ1) is 13.7. The number of carboxylic acids is 1. The van der Waals surface area contributed by atoms with Crippen LogP contribution in [0.15, 0.2) is 47.4 Å². The van der Waals surface area contributed by atoms with E-state index in [0.29, 0.717) is 19.3 Å². The molecule has 0 radical (unpaired) electrons. The highest BCUT2D eigenvalue weighted by atomic mass is 35.5. The molecule has 0 heterocycles. The van der Waals surface area contributed by atoms with Crippen molar-refractivity contribution >= 4 is 27.4 Å². The number of hydrogen-bond acceptors (Lipinski definition) is 3. The van der Waals surface area contributed by atoms with Crippen molar-refractivity contribution in [2.45, 2.75) is 48.2 Å². The van der Waals surface area contributed by atoms with E-state index in [1.165, 1.54) is 18.2 Å². The summed E-state index contributed by atoms with van der Waals surface area (Å²) in [5, 5.41) is 8.22. The fraction of sp³-hybridized carbons (Fsp3) is 0.381. The van der Waals surface area contributed by atoms with Crippen molar-refractivity contribution in [3.63, 3.8) is 0 Å². The van der Waals surface area contributed by atoms with Crippen molar-refractivity contribution in [3.05, 3.63) is 64.7 Å². The van der Waals surface area contributed by atoms with Crippen molar-refractivity contribution < 1.29 is 27.1 Å². The van der Waals surface area contributed by atoms with Crippen LogP contribution in [0.1, 0.15) is 43.6 Å². The predicted molar refractivity (Wildman–Crippen MR) is 106 cm³/mol. The number of carboxylic acid groups (broad SMARTS) is 1. The molecule has 3 rings (SSSR count). The average Bonchev–Trinajstić information content (AvgIpc) is 2.68. The monoisotopic (exact) mass is 442 g/mol. The lowest BCUT2D eigenvalue weighted by atomic mass is 9.76. The molecule has 0 aromatic heterocycles. The summed E-state index contributed by atoms with van der Waals surface area (Å²) in [6, 6.07) is 8.91. The van der Waals surface area contributed by atoms with E-state index in [2.05, 4.69) is 0 Å². The third kappa shape index (κ3) is 4.95. The molecule has 1 fully saturated rings. The highest BCUT2D eigenvalue weighted by molar-refractivity contribution is 7.92. The molecule has 4 nitrogen and oxygen atoms in total. The lowest BCUT2D eigenvalue weighted by molar-refractivity contribution is -0.137. The van der Waals surface area contributed by atoms with Gasteiger partial charge in [0.05, 0.1) is 10.1 Å². The smallest absolute Gasteiger partial charge is 0.303 e.